The molecule has 0 saturated heterocycles. The minimum atomic E-state index is 0.345. The fourth-order valence-corrected chi connectivity index (χ4v) is 2.71. The second kappa shape index (κ2) is 7.18. The third-order valence-electron chi connectivity index (χ3n) is 4.01. The molecule has 0 fully saturated rings. The molecule has 4 heteroatoms. The van der Waals surface area contributed by atoms with E-state index in [2.05, 4.69) is 16.0 Å². The summed E-state index contributed by atoms with van der Waals surface area (Å²) in [7, 11) is 0. The smallest absolute Gasteiger partial charge is 0.320 e. The molecule has 0 radical (unpaired) electrons. The van der Waals surface area contributed by atoms with E-state index in [9.17, 15) is 0 Å². The minimum Gasteiger partial charge on any atom is -0.472 e. The van der Waals surface area contributed by atoms with Crippen molar-refractivity contribution in [2.75, 3.05) is 0 Å². The van der Waals surface area contributed by atoms with Gasteiger partial charge in [-0.05, 0) is 23.6 Å². The number of nitrogens with zero attached hydrogens (tertiary/aromatic N) is 2. The number of allylic oxidation sites excluding steroid dienone is 1. The molecule has 25 heavy (non-hydrogen) atoms. The highest BCUT2D eigenvalue weighted by molar-refractivity contribution is 5.59. The number of ether oxygens (including phenoxy) is 2. The second-order valence-electron chi connectivity index (χ2n) is 5.83. The highest BCUT2D eigenvalue weighted by Crippen LogP contribution is 2.29. The van der Waals surface area contributed by atoms with Crippen LogP contribution in [-0.4, -0.2) is 9.97 Å². The van der Waals surface area contributed by atoms with Gasteiger partial charge in [0, 0.05) is 5.56 Å². The van der Waals surface area contributed by atoms with Crippen molar-refractivity contribution in [1.82, 2.24) is 9.97 Å². The molecule has 1 aliphatic rings. The highest BCUT2D eigenvalue weighted by Gasteiger charge is 2.17. The van der Waals surface area contributed by atoms with Crippen LogP contribution in [0.25, 0.3) is 6.08 Å². The number of hydrogen-bond donors (Lipinski definition) is 0. The van der Waals surface area contributed by atoms with Gasteiger partial charge >= 0.3 is 6.01 Å². The fraction of sp³-hybridized carbons (Fsp3) is 0.143. The van der Waals surface area contributed by atoms with E-state index in [1.165, 1.54) is 0 Å². The van der Waals surface area contributed by atoms with E-state index in [1.54, 1.807) is 0 Å². The Morgan fingerprint density at radius 2 is 1.40 bits per heavy atom. The summed E-state index contributed by atoms with van der Waals surface area (Å²) in [6, 6.07) is 20.4. The van der Waals surface area contributed by atoms with Crippen LogP contribution in [0, 0.1) is 0 Å². The van der Waals surface area contributed by atoms with E-state index in [0.717, 1.165) is 28.8 Å². The van der Waals surface area contributed by atoms with Gasteiger partial charge in [0.25, 0.3) is 0 Å². The molecule has 124 valence electrons. The van der Waals surface area contributed by atoms with Gasteiger partial charge in [-0.3, -0.25) is 0 Å². The Hall–Kier alpha value is -3.14. The van der Waals surface area contributed by atoms with Crippen LogP contribution in [0.1, 0.15) is 22.4 Å². The standard InChI is InChI=1S/C21H18N2O2/c1-3-8-16(9-4-1)14-24-20-18-12-7-13-19(18)22-21(23-20)25-15-17-10-5-2-6-11-17/h1-11,13H,12,14-15H2. The minimum absolute atomic E-state index is 0.345. The summed E-state index contributed by atoms with van der Waals surface area (Å²) < 4.78 is 11.7. The Balaban J connectivity index is 1.51. The lowest BCUT2D eigenvalue weighted by Crippen LogP contribution is -2.06. The molecule has 1 aliphatic carbocycles. The average Bonchev–Trinajstić information content (AvgIpc) is 3.15. The topological polar surface area (TPSA) is 44.2 Å². The molecule has 0 saturated carbocycles. The Morgan fingerprint density at radius 3 is 2.08 bits per heavy atom. The Bertz CT molecular complexity index is 877. The van der Waals surface area contributed by atoms with Gasteiger partial charge in [0.1, 0.15) is 13.2 Å². The van der Waals surface area contributed by atoms with Crippen molar-refractivity contribution in [3.63, 3.8) is 0 Å². The lowest BCUT2D eigenvalue weighted by molar-refractivity contribution is 0.256. The lowest BCUT2D eigenvalue weighted by atomic mass is 10.2. The van der Waals surface area contributed by atoms with E-state index in [1.807, 2.05) is 66.7 Å². The second-order valence-corrected chi connectivity index (χ2v) is 5.83. The van der Waals surface area contributed by atoms with Gasteiger partial charge in [0.15, 0.2) is 0 Å². The van der Waals surface area contributed by atoms with Crippen molar-refractivity contribution in [2.24, 2.45) is 0 Å². The summed E-state index contributed by atoms with van der Waals surface area (Å²) in [4.78, 5) is 8.96. The van der Waals surface area contributed by atoms with E-state index in [-0.39, 0.29) is 0 Å². The third kappa shape index (κ3) is 3.69. The van der Waals surface area contributed by atoms with Crippen molar-refractivity contribution >= 4 is 6.08 Å². The van der Waals surface area contributed by atoms with E-state index in [4.69, 9.17) is 9.47 Å². The Kier molecular flexibility index (Phi) is 4.42. The van der Waals surface area contributed by atoms with Crippen LogP contribution in [0.5, 0.6) is 11.9 Å². The van der Waals surface area contributed by atoms with Crippen LogP contribution in [0.4, 0.5) is 0 Å². The van der Waals surface area contributed by atoms with Crippen LogP contribution in [0.2, 0.25) is 0 Å². The zero-order valence-corrected chi connectivity index (χ0v) is 13.8. The van der Waals surface area contributed by atoms with E-state index >= 15 is 0 Å². The highest BCUT2D eigenvalue weighted by atomic mass is 16.5. The molecule has 4 nitrogen and oxygen atoms in total. The Labute approximate surface area is 146 Å². The number of hydrogen-bond acceptors (Lipinski definition) is 4. The Morgan fingerprint density at radius 1 is 0.760 bits per heavy atom. The molecule has 1 heterocycles. The molecule has 0 spiro atoms. The summed E-state index contributed by atoms with van der Waals surface area (Å²) in [5, 5.41) is 0. The molecule has 0 amide bonds. The molecule has 0 unspecified atom stereocenters. The maximum absolute atomic E-state index is 5.96. The van der Waals surface area contributed by atoms with Crippen molar-refractivity contribution in [1.29, 1.82) is 0 Å². The van der Waals surface area contributed by atoms with Crippen molar-refractivity contribution in [2.45, 2.75) is 19.6 Å². The van der Waals surface area contributed by atoms with Crippen LogP contribution in [0.3, 0.4) is 0 Å². The SMILES string of the molecule is C1=Cc2nc(OCc3ccccc3)nc(OCc3ccccc3)c2C1. The van der Waals surface area contributed by atoms with Gasteiger partial charge in [0.05, 0.1) is 5.69 Å². The lowest BCUT2D eigenvalue weighted by Gasteiger charge is -2.12. The predicted octanol–water partition coefficient (Wildman–Crippen LogP) is 4.20. The number of rotatable bonds is 6. The van der Waals surface area contributed by atoms with Gasteiger partial charge in [-0.25, -0.2) is 0 Å². The monoisotopic (exact) mass is 330 g/mol. The van der Waals surface area contributed by atoms with E-state index < -0.39 is 0 Å². The summed E-state index contributed by atoms with van der Waals surface area (Å²) >= 11 is 0. The summed E-state index contributed by atoms with van der Waals surface area (Å²) in [5.74, 6) is 0.599. The molecule has 0 N–H and O–H groups in total. The molecule has 0 atom stereocenters. The van der Waals surface area contributed by atoms with E-state index in [0.29, 0.717) is 25.1 Å². The third-order valence-corrected chi connectivity index (χ3v) is 4.01. The van der Waals surface area contributed by atoms with Crippen molar-refractivity contribution < 1.29 is 9.47 Å². The largest absolute Gasteiger partial charge is 0.472 e. The number of aromatic nitrogens is 2. The summed E-state index contributed by atoms with van der Waals surface area (Å²) in [6.45, 7) is 0.907. The van der Waals surface area contributed by atoms with Gasteiger partial charge in [-0.1, -0.05) is 66.7 Å². The first-order valence-corrected chi connectivity index (χ1v) is 8.29. The van der Waals surface area contributed by atoms with Crippen LogP contribution in [0.15, 0.2) is 66.7 Å². The predicted molar refractivity (Wildman–Crippen MR) is 96.3 cm³/mol. The van der Waals surface area contributed by atoms with Gasteiger partial charge in [-0.15, -0.1) is 0 Å². The maximum Gasteiger partial charge on any atom is 0.320 e. The van der Waals surface area contributed by atoms with Gasteiger partial charge in [0.2, 0.25) is 5.88 Å². The molecule has 1 aromatic heterocycles. The van der Waals surface area contributed by atoms with Crippen molar-refractivity contribution in [3.05, 3.63) is 89.1 Å². The molecule has 3 aromatic rings. The van der Waals surface area contributed by atoms with Crippen LogP contribution < -0.4 is 9.47 Å². The fourth-order valence-electron chi connectivity index (χ4n) is 2.71. The molecule has 0 bridgehead atoms. The average molecular weight is 330 g/mol. The number of benzene rings is 2. The molecule has 0 aliphatic heterocycles. The first-order valence-electron chi connectivity index (χ1n) is 8.29. The normalized spacial score (nSPS) is 12.0. The first-order chi connectivity index (χ1) is 12.4. The first kappa shape index (κ1) is 15.4. The van der Waals surface area contributed by atoms with Gasteiger partial charge < -0.3 is 9.47 Å². The molecule has 4 rings (SSSR count). The van der Waals surface area contributed by atoms with Gasteiger partial charge in [-0.2, -0.15) is 9.97 Å². The quantitative estimate of drug-likeness (QED) is 0.679. The zero-order valence-electron chi connectivity index (χ0n) is 13.8. The molecular formula is C21H18N2O2. The summed E-state index contributed by atoms with van der Waals surface area (Å²) in [5.41, 5.74) is 4.07. The van der Waals surface area contributed by atoms with Crippen molar-refractivity contribution in [3.8, 4) is 11.9 Å². The van der Waals surface area contributed by atoms with Crippen LogP contribution >= 0.6 is 0 Å². The van der Waals surface area contributed by atoms with Crippen LogP contribution in [-0.2, 0) is 19.6 Å². The number of fused-ring (bicyclic) bond motifs is 1. The molecule has 2 aromatic carbocycles. The zero-order chi connectivity index (χ0) is 16.9. The maximum atomic E-state index is 5.96. The summed E-state index contributed by atoms with van der Waals surface area (Å²) in [6.07, 6.45) is 4.84. The molecular weight excluding hydrogens is 312 g/mol.